The predicted molar refractivity (Wildman–Crippen MR) is 51.0 cm³/mol. The first-order valence-electron chi connectivity index (χ1n) is 4.98. The Labute approximate surface area is 74.9 Å². The van der Waals surface area contributed by atoms with E-state index >= 15 is 0 Å². The SMILES string of the molecule is C/C=C/CC1CCCCCC1=O. The van der Waals surface area contributed by atoms with E-state index in [9.17, 15) is 4.79 Å². The third kappa shape index (κ3) is 2.80. The van der Waals surface area contributed by atoms with Crippen LogP contribution in [-0.4, -0.2) is 5.78 Å². The highest BCUT2D eigenvalue weighted by atomic mass is 16.1. The summed E-state index contributed by atoms with van der Waals surface area (Å²) in [5.74, 6) is 0.828. The Morgan fingerprint density at radius 3 is 3.00 bits per heavy atom. The molecule has 1 aliphatic carbocycles. The Morgan fingerprint density at radius 1 is 1.42 bits per heavy atom. The van der Waals surface area contributed by atoms with Gasteiger partial charge in [0.15, 0.2) is 0 Å². The maximum Gasteiger partial charge on any atom is 0.136 e. The third-order valence-electron chi connectivity index (χ3n) is 2.59. The summed E-state index contributed by atoms with van der Waals surface area (Å²) < 4.78 is 0. The summed E-state index contributed by atoms with van der Waals surface area (Å²) in [4.78, 5) is 11.5. The molecule has 0 saturated heterocycles. The van der Waals surface area contributed by atoms with Crippen LogP contribution in [0.2, 0.25) is 0 Å². The minimum atomic E-state index is 0.337. The van der Waals surface area contributed by atoms with Gasteiger partial charge in [-0.25, -0.2) is 0 Å². The van der Waals surface area contributed by atoms with Gasteiger partial charge < -0.3 is 0 Å². The molecule has 1 rings (SSSR count). The van der Waals surface area contributed by atoms with Gasteiger partial charge in [-0.3, -0.25) is 4.79 Å². The summed E-state index contributed by atoms with van der Waals surface area (Å²) in [6.45, 7) is 2.02. The molecule has 68 valence electrons. The van der Waals surface area contributed by atoms with E-state index in [-0.39, 0.29) is 0 Å². The van der Waals surface area contributed by atoms with Gasteiger partial charge in [-0.2, -0.15) is 0 Å². The number of Topliss-reactive ketones (excluding diaryl/α,β-unsaturated/α-hetero) is 1. The highest BCUT2D eigenvalue weighted by Crippen LogP contribution is 2.22. The molecule has 0 radical (unpaired) electrons. The van der Waals surface area contributed by atoms with Gasteiger partial charge in [-0.1, -0.05) is 25.0 Å². The second-order valence-corrected chi connectivity index (χ2v) is 3.57. The number of allylic oxidation sites excluding steroid dienone is 2. The molecule has 1 atom stereocenters. The fourth-order valence-corrected chi connectivity index (χ4v) is 1.78. The number of hydrogen-bond acceptors (Lipinski definition) is 1. The normalized spacial score (nSPS) is 26.1. The number of ketones is 1. The van der Waals surface area contributed by atoms with Crippen LogP contribution in [-0.2, 0) is 4.79 Å². The fourth-order valence-electron chi connectivity index (χ4n) is 1.78. The van der Waals surface area contributed by atoms with Crippen LogP contribution < -0.4 is 0 Å². The van der Waals surface area contributed by atoms with Gasteiger partial charge in [0.1, 0.15) is 5.78 Å². The van der Waals surface area contributed by atoms with Gasteiger partial charge in [0.2, 0.25) is 0 Å². The molecule has 1 saturated carbocycles. The van der Waals surface area contributed by atoms with E-state index in [0.29, 0.717) is 11.7 Å². The summed E-state index contributed by atoms with van der Waals surface area (Å²) >= 11 is 0. The van der Waals surface area contributed by atoms with Gasteiger partial charge in [-0.15, -0.1) is 0 Å². The highest BCUT2D eigenvalue weighted by Gasteiger charge is 2.18. The van der Waals surface area contributed by atoms with Crippen molar-refractivity contribution in [3.05, 3.63) is 12.2 Å². The molecule has 0 aromatic heterocycles. The van der Waals surface area contributed by atoms with Crippen molar-refractivity contribution in [3.8, 4) is 0 Å². The zero-order chi connectivity index (χ0) is 8.81. The van der Waals surface area contributed by atoms with E-state index in [0.717, 1.165) is 25.7 Å². The number of rotatable bonds is 2. The van der Waals surface area contributed by atoms with Crippen molar-refractivity contribution in [3.63, 3.8) is 0 Å². The van der Waals surface area contributed by atoms with Crippen LogP contribution in [0.1, 0.15) is 45.4 Å². The largest absolute Gasteiger partial charge is 0.299 e. The molecule has 0 aromatic rings. The minimum absolute atomic E-state index is 0.337. The minimum Gasteiger partial charge on any atom is -0.299 e. The smallest absolute Gasteiger partial charge is 0.136 e. The molecule has 0 spiro atoms. The number of carbonyl (C=O) groups is 1. The number of carbonyl (C=O) groups excluding carboxylic acids is 1. The molecule has 1 heteroatoms. The molecule has 0 aliphatic heterocycles. The molecule has 1 nitrogen and oxygen atoms in total. The zero-order valence-electron chi connectivity index (χ0n) is 7.88. The lowest BCUT2D eigenvalue weighted by Crippen LogP contribution is -2.11. The Hall–Kier alpha value is -0.590. The molecule has 0 bridgehead atoms. The Bertz CT molecular complexity index is 170. The average Bonchev–Trinajstić information content (AvgIpc) is 2.27. The topological polar surface area (TPSA) is 17.1 Å². The molecule has 0 N–H and O–H groups in total. The molecule has 0 aromatic carbocycles. The lowest BCUT2D eigenvalue weighted by Gasteiger charge is -2.08. The van der Waals surface area contributed by atoms with Crippen LogP contribution in [0.15, 0.2) is 12.2 Å². The van der Waals surface area contributed by atoms with Gasteiger partial charge in [0.25, 0.3) is 0 Å². The molecule has 12 heavy (non-hydrogen) atoms. The summed E-state index contributed by atoms with van der Waals surface area (Å²) in [6, 6.07) is 0. The van der Waals surface area contributed by atoms with E-state index in [1.165, 1.54) is 12.8 Å². The van der Waals surface area contributed by atoms with E-state index in [4.69, 9.17) is 0 Å². The van der Waals surface area contributed by atoms with Crippen LogP contribution in [0.3, 0.4) is 0 Å². The lowest BCUT2D eigenvalue weighted by molar-refractivity contribution is -0.122. The van der Waals surface area contributed by atoms with Gasteiger partial charge in [0, 0.05) is 12.3 Å². The first kappa shape index (κ1) is 9.50. The Kier molecular flexibility index (Phi) is 4.06. The maximum atomic E-state index is 11.5. The van der Waals surface area contributed by atoms with Crippen molar-refractivity contribution >= 4 is 5.78 Å². The Balaban J connectivity index is 2.42. The first-order valence-corrected chi connectivity index (χ1v) is 4.98. The van der Waals surface area contributed by atoms with Crippen molar-refractivity contribution in [1.29, 1.82) is 0 Å². The van der Waals surface area contributed by atoms with E-state index < -0.39 is 0 Å². The van der Waals surface area contributed by atoms with Crippen molar-refractivity contribution in [2.24, 2.45) is 5.92 Å². The van der Waals surface area contributed by atoms with Gasteiger partial charge in [0.05, 0.1) is 0 Å². The average molecular weight is 166 g/mol. The second kappa shape index (κ2) is 5.13. The van der Waals surface area contributed by atoms with Crippen LogP contribution in [0, 0.1) is 5.92 Å². The monoisotopic (exact) mass is 166 g/mol. The van der Waals surface area contributed by atoms with Crippen LogP contribution in [0.25, 0.3) is 0 Å². The molecule has 1 aliphatic rings. The zero-order valence-corrected chi connectivity index (χ0v) is 7.88. The van der Waals surface area contributed by atoms with E-state index in [1.807, 2.05) is 13.0 Å². The standard InChI is InChI=1S/C11H18O/c1-2-3-7-10-8-5-4-6-9-11(10)12/h2-3,10H,4-9H2,1H3/b3-2+. The first-order chi connectivity index (χ1) is 5.84. The van der Waals surface area contributed by atoms with Crippen molar-refractivity contribution in [1.82, 2.24) is 0 Å². The molecule has 0 heterocycles. The van der Waals surface area contributed by atoms with E-state index in [2.05, 4.69) is 6.08 Å². The van der Waals surface area contributed by atoms with Gasteiger partial charge in [-0.05, 0) is 26.2 Å². The third-order valence-corrected chi connectivity index (χ3v) is 2.59. The molecule has 1 fully saturated rings. The summed E-state index contributed by atoms with van der Waals surface area (Å²) in [5, 5.41) is 0. The fraction of sp³-hybridized carbons (Fsp3) is 0.727. The Morgan fingerprint density at radius 2 is 2.25 bits per heavy atom. The molecule has 0 amide bonds. The highest BCUT2D eigenvalue weighted by molar-refractivity contribution is 5.81. The van der Waals surface area contributed by atoms with Gasteiger partial charge >= 0.3 is 0 Å². The van der Waals surface area contributed by atoms with Crippen molar-refractivity contribution < 1.29 is 4.79 Å². The molecular weight excluding hydrogens is 148 g/mol. The molecular formula is C11H18O. The van der Waals surface area contributed by atoms with Crippen molar-refractivity contribution in [2.45, 2.75) is 45.4 Å². The van der Waals surface area contributed by atoms with Crippen LogP contribution >= 0.6 is 0 Å². The van der Waals surface area contributed by atoms with Crippen molar-refractivity contribution in [2.75, 3.05) is 0 Å². The van der Waals surface area contributed by atoms with E-state index in [1.54, 1.807) is 0 Å². The summed E-state index contributed by atoms with van der Waals surface area (Å²) in [5.41, 5.74) is 0. The quantitative estimate of drug-likeness (QED) is 0.455. The maximum absolute atomic E-state index is 11.5. The predicted octanol–water partition coefficient (Wildman–Crippen LogP) is 3.10. The molecule has 1 unspecified atom stereocenters. The number of hydrogen-bond donors (Lipinski definition) is 0. The summed E-state index contributed by atoms with van der Waals surface area (Å²) in [6.07, 6.45) is 10.7. The van der Waals surface area contributed by atoms with Crippen LogP contribution in [0.5, 0.6) is 0 Å². The second-order valence-electron chi connectivity index (χ2n) is 3.57. The summed E-state index contributed by atoms with van der Waals surface area (Å²) in [7, 11) is 0. The lowest BCUT2D eigenvalue weighted by atomic mass is 9.95. The van der Waals surface area contributed by atoms with Crippen LogP contribution in [0.4, 0.5) is 0 Å².